The molecule has 16 heavy (non-hydrogen) atoms. The number of sulfonamides is 1. The molecule has 0 amide bonds. The Balaban J connectivity index is 2.89. The van der Waals surface area contributed by atoms with Crippen LogP contribution in [0.1, 0.15) is 12.0 Å². The molecule has 0 bridgehead atoms. The molecule has 0 radical (unpaired) electrons. The highest BCUT2D eigenvalue weighted by atomic mass is 32.2. The predicted octanol–water partition coefficient (Wildman–Crippen LogP) is 1.04. The Bertz CT molecular complexity index is 515. The van der Waals surface area contributed by atoms with Gasteiger partial charge in [-0.15, -0.1) is 12.3 Å². The van der Waals surface area contributed by atoms with Crippen LogP contribution >= 0.6 is 0 Å². The number of primary sulfonamides is 1. The second kappa shape index (κ2) is 5.01. The summed E-state index contributed by atoms with van der Waals surface area (Å²) < 4.78 is 27.6. The van der Waals surface area contributed by atoms with Gasteiger partial charge in [-0.05, 0) is 30.7 Å². The van der Waals surface area contributed by atoms with Crippen molar-refractivity contribution in [3.05, 3.63) is 23.8 Å². The molecular formula is C11H13NO3S. The van der Waals surface area contributed by atoms with E-state index in [1.54, 1.807) is 19.1 Å². The average Bonchev–Trinajstić information content (AvgIpc) is 2.16. The SMILES string of the molecule is C#CCCOc1ccc(S(N)(=O)=O)c(C)c1. The van der Waals surface area contributed by atoms with Crippen molar-refractivity contribution in [1.82, 2.24) is 0 Å². The Kier molecular flexibility index (Phi) is 3.93. The molecule has 0 atom stereocenters. The number of rotatable bonds is 4. The lowest BCUT2D eigenvalue weighted by atomic mass is 10.2. The molecule has 0 aliphatic carbocycles. The number of hydrogen-bond acceptors (Lipinski definition) is 3. The van der Waals surface area contributed by atoms with Gasteiger partial charge in [0, 0.05) is 6.42 Å². The fraction of sp³-hybridized carbons (Fsp3) is 0.273. The molecule has 0 fully saturated rings. The quantitative estimate of drug-likeness (QED) is 0.630. The van der Waals surface area contributed by atoms with E-state index in [0.717, 1.165) is 0 Å². The van der Waals surface area contributed by atoms with Gasteiger partial charge in [-0.25, -0.2) is 13.6 Å². The highest BCUT2D eigenvalue weighted by Gasteiger charge is 2.11. The molecule has 5 heteroatoms. The molecular weight excluding hydrogens is 226 g/mol. The number of terminal acetylenes is 1. The number of benzene rings is 1. The summed E-state index contributed by atoms with van der Waals surface area (Å²) in [6, 6.07) is 4.61. The monoisotopic (exact) mass is 239 g/mol. The van der Waals surface area contributed by atoms with Gasteiger partial charge in [0.05, 0.1) is 11.5 Å². The van der Waals surface area contributed by atoms with Crippen LogP contribution in [0, 0.1) is 19.3 Å². The Labute approximate surface area is 95.5 Å². The van der Waals surface area contributed by atoms with E-state index in [2.05, 4.69) is 5.92 Å². The molecule has 0 aromatic heterocycles. The van der Waals surface area contributed by atoms with E-state index in [-0.39, 0.29) is 4.90 Å². The van der Waals surface area contributed by atoms with E-state index in [0.29, 0.717) is 24.3 Å². The van der Waals surface area contributed by atoms with Crippen molar-refractivity contribution < 1.29 is 13.2 Å². The summed E-state index contributed by atoms with van der Waals surface area (Å²) >= 11 is 0. The summed E-state index contributed by atoms with van der Waals surface area (Å²) in [5, 5.41) is 5.03. The van der Waals surface area contributed by atoms with Crippen molar-refractivity contribution >= 4 is 10.0 Å². The van der Waals surface area contributed by atoms with Gasteiger partial charge in [0.25, 0.3) is 0 Å². The van der Waals surface area contributed by atoms with Gasteiger partial charge in [0.2, 0.25) is 10.0 Å². The van der Waals surface area contributed by atoms with Crippen LogP contribution in [0.3, 0.4) is 0 Å². The Morgan fingerprint density at radius 2 is 2.19 bits per heavy atom. The van der Waals surface area contributed by atoms with Crippen molar-refractivity contribution in [2.75, 3.05) is 6.61 Å². The van der Waals surface area contributed by atoms with Crippen molar-refractivity contribution in [3.8, 4) is 18.1 Å². The Hall–Kier alpha value is -1.51. The molecule has 1 aromatic rings. The molecule has 0 aliphatic heterocycles. The zero-order valence-corrected chi connectivity index (χ0v) is 9.75. The number of ether oxygens (including phenoxy) is 1. The van der Waals surface area contributed by atoms with Crippen LogP contribution in [0.4, 0.5) is 0 Å². The molecule has 86 valence electrons. The maximum atomic E-state index is 11.1. The second-order valence-electron chi connectivity index (χ2n) is 3.27. The first-order chi connectivity index (χ1) is 7.45. The average molecular weight is 239 g/mol. The molecule has 0 spiro atoms. The summed E-state index contributed by atoms with van der Waals surface area (Å²) in [6.45, 7) is 2.07. The van der Waals surface area contributed by atoms with Gasteiger partial charge in [-0.1, -0.05) is 0 Å². The minimum absolute atomic E-state index is 0.108. The lowest BCUT2D eigenvalue weighted by Gasteiger charge is -2.07. The summed E-state index contributed by atoms with van der Waals surface area (Å²) in [6.07, 6.45) is 5.59. The molecule has 1 rings (SSSR count). The van der Waals surface area contributed by atoms with Crippen LogP contribution in [-0.2, 0) is 10.0 Å². The molecule has 1 aromatic carbocycles. The summed E-state index contributed by atoms with van der Waals surface area (Å²) in [4.78, 5) is 0.108. The van der Waals surface area contributed by atoms with Gasteiger partial charge in [-0.2, -0.15) is 0 Å². The highest BCUT2D eigenvalue weighted by Crippen LogP contribution is 2.20. The van der Waals surface area contributed by atoms with Crippen LogP contribution in [0.5, 0.6) is 5.75 Å². The van der Waals surface area contributed by atoms with Gasteiger partial charge in [0.15, 0.2) is 0 Å². The maximum Gasteiger partial charge on any atom is 0.238 e. The van der Waals surface area contributed by atoms with Gasteiger partial charge in [-0.3, -0.25) is 0 Å². The summed E-state index contributed by atoms with van der Waals surface area (Å²) in [7, 11) is -3.66. The fourth-order valence-electron chi connectivity index (χ4n) is 1.26. The maximum absolute atomic E-state index is 11.1. The van der Waals surface area contributed by atoms with Crippen LogP contribution in [0.2, 0.25) is 0 Å². The summed E-state index contributed by atoms with van der Waals surface area (Å²) in [5.74, 6) is 3.03. The van der Waals surface area contributed by atoms with E-state index >= 15 is 0 Å². The largest absolute Gasteiger partial charge is 0.493 e. The molecule has 0 saturated carbocycles. The van der Waals surface area contributed by atoms with Gasteiger partial charge in [0.1, 0.15) is 5.75 Å². The van der Waals surface area contributed by atoms with Crippen molar-refractivity contribution in [2.24, 2.45) is 5.14 Å². The highest BCUT2D eigenvalue weighted by molar-refractivity contribution is 7.89. The third kappa shape index (κ3) is 3.26. The van der Waals surface area contributed by atoms with Crippen LogP contribution in [0.25, 0.3) is 0 Å². The zero-order valence-electron chi connectivity index (χ0n) is 8.93. The minimum Gasteiger partial charge on any atom is -0.493 e. The molecule has 4 nitrogen and oxygen atoms in total. The third-order valence-electron chi connectivity index (χ3n) is 1.97. The smallest absolute Gasteiger partial charge is 0.238 e. The third-order valence-corrected chi connectivity index (χ3v) is 3.04. The topological polar surface area (TPSA) is 69.4 Å². The fourth-order valence-corrected chi connectivity index (χ4v) is 2.02. The van der Waals surface area contributed by atoms with Crippen LogP contribution in [-0.4, -0.2) is 15.0 Å². The lowest BCUT2D eigenvalue weighted by molar-refractivity contribution is 0.327. The summed E-state index contributed by atoms with van der Waals surface area (Å²) in [5.41, 5.74) is 0.556. The van der Waals surface area contributed by atoms with E-state index in [1.807, 2.05) is 0 Å². The normalized spacial score (nSPS) is 10.8. The molecule has 0 heterocycles. The van der Waals surface area contributed by atoms with E-state index in [1.165, 1.54) is 6.07 Å². The molecule has 0 saturated heterocycles. The van der Waals surface area contributed by atoms with E-state index in [9.17, 15) is 8.42 Å². The number of nitrogens with two attached hydrogens (primary N) is 1. The molecule has 2 N–H and O–H groups in total. The first-order valence-electron chi connectivity index (χ1n) is 4.65. The van der Waals surface area contributed by atoms with Crippen molar-refractivity contribution in [1.29, 1.82) is 0 Å². The van der Waals surface area contributed by atoms with Crippen LogP contribution in [0.15, 0.2) is 23.1 Å². The molecule has 0 aliphatic rings. The first-order valence-corrected chi connectivity index (χ1v) is 6.19. The minimum atomic E-state index is -3.66. The Morgan fingerprint density at radius 3 is 2.69 bits per heavy atom. The zero-order chi connectivity index (χ0) is 12.2. The second-order valence-corrected chi connectivity index (χ2v) is 4.80. The van der Waals surface area contributed by atoms with E-state index in [4.69, 9.17) is 16.3 Å². The lowest BCUT2D eigenvalue weighted by Crippen LogP contribution is -2.13. The Morgan fingerprint density at radius 1 is 1.50 bits per heavy atom. The van der Waals surface area contributed by atoms with Crippen LogP contribution < -0.4 is 9.88 Å². The van der Waals surface area contributed by atoms with Crippen molar-refractivity contribution in [2.45, 2.75) is 18.2 Å². The molecule has 0 unspecified atom stereocenters. The number of hydrogen-bond donors (Lipinski definition) is 1. The first kappa shape index (κ1) is 12.6. The van der Waals surface area contributed by atoms with Crippen molar-refractivity contribution in [3.63, 3.8) is 0 Å². The van der Waals surface area contributed by atoms with Gasteiger partial charge < -0.3 is 4.74 Å². The van der Waals surface area contributed by atoms with Gasteiger partial charge >= 0.3 is 0 Å². The standard InChI is InChI=1S/C11H13NO3S/c1-3-4-7-15-10-5-6-11(9(2)8-10)16(12,13)14/h1,5-6,8H,4,7H2,2H3,(H2,12,13,14). The van der Waals surface area contributed by atoms with E-state index < -0.39 is 10.0 Å². The predicted molar refractivity (Wildman–Crippen MR) is 61.5 cm³/mol. The number of aryl methyl sites for hydroxylation is 1.